The summed E-state index contributed by atoms with van der Waals surface area (Å²) in [5.41, 5.74) is 2.11. The lowest BCUT2D eigenvalue weighted by molar-refractivity contribution is 0.0342. The summed E-state index contributed by atoms with van der Waals surface area (Å²) in [6.45, 7) is 6.57. The maximum Gasteiger partial charge on any atom is 0.128 e. The summed E-state index contributed by atoms with van der Waals surface area (Å²) in [6, 6.07) is 14.4. The topological polar surface area (TPSA) is 15.7 Å². The number of rotatable bonds is 7. The summed E-state index contributed by atoms with van der Waals surface area (Å²) in [5.74, 6) is 0.588. The number of halogens is 2. The van der Waals surface area contributed by atoms with E-state index in [1.165, 1.54) is 12.1 Å². The lowest BCUT2D eigenvalue weighted by atomic mass is 9.99. The van der Waals surface area contributed by atoms with Crippen LogP contribution in [0.4, 0.5) is 8.78 Å². The first-order valence-corrected chi connectivity index (χ1v) is 9.97. The second kappa shape index (κ2) is 9.48. The molecular weight excluding hydrogens is 358 g/mol. The van der Waals surface area contributed by atoms with Crippen molar-refractivity contribution in [3.63, 3.8) is 0 Å². The Morgan fingerprint density at radius 1 is 1.04 bits per heavy atom. The Bertz CT molecular complexity index is 733. The molecular formula is C23H30F2N2O. The summed E-state index contributed by atoms with van der Waals surface area (Å²) in [6.07, 6.45) is 0.0167. The second-order valence-electron chi connectivity index (χ2n) is 7.98. The minimum Gasteiger partial charge on any atom is -0.491 e. The molecule has 28 heavy (non-hydrogen) atoms. The van der Waals surface area contributed by atoms with Crippen LogP contribution in [0.25, 0.3) is 0 Å². The highest BCUT2D eigenvalue weighted by molar-refractivity contribution is 5.27. The average molecular weight is 389 g/mol. The van der Waals surface area contributed by atoms with Crippen molar-refractivity contribution in [2.24, 2.45) is 0 Å². The number of hydrogen-bond donors (Lipinski definition) is 0. The highest BCUT2D eigenvalue weighted by atomic mass is 19.1. The zero-order valence-electron chi connectivity index (χ0n) is 16.9. The van der Waals surface area contributed by atoms with E-state index in [0.717, 1.165) is 29.8 Å². The molecule has 0 aromatic heterocycles. The van der Waals surface area contributed by atoms with Gasteiger partial charge in [-0.25, -0.2) is 8.78 Å². The second-order valence-corrected chi connectivity index (χ2v) is 7.98. The predicted molar refractivity (Wildman–Crippen MR) is 109 cm³/mol. The molecule has 3 rings (SSSR count). The van der Waals surface area contributed by atoms with Gasteiger partial charge in [0.05, 0.1) is 6.10 Å². The molecule has 3 nitrogen and oxygen atoms in total. The van der Waals surface area contributed by atoms with Crippen molar-refractivity contribution in [1.29, 1.82) is 0 Å². The van der Waals surface area contributed by atoms with E-state index in [0.29, 0.717) is 19.6 Å². The van der Waals surface area contributed by atoms with Crippen LogP contribution in [0.15, 0.2) is 48.5 Å². The molecule has 0 saturated carbocycles. The van der Waals surface area contributed by atoms with Crippen molar-refractivity contribution >= 4 is 0 Å². The van der Waals surface area contributed by atoms with Crippen molar-refractivity contribution in [3.05, 3.63) is 65.5 Å². The van der Waals surface area contributed by atoms with Crippen LogP contribution in [0.3, 0.4) is 0 Å². The van der Waals surface area contributed by atoms with Crippen LogP contribution < -0.4 is 4.74 Å². The highest BCUT2D eigenvalue weighted by Gasteiger charge is 2.32. The van der Waals surface area contributed by atoms with Gasteiger partial charge in [-0.2, -0.15) is 0 Å². The summed E-state index contributed by atoms with van der Waals surface area (Å²) in [5, 5.41) is 0. The highest BCUT2D eigenvalue weighted by Crippen LogP contribution is 2.24. The van der Waals surface area contributed by atoms with Gasteiger partial charge in [0.15, 0.2) is 0 Å². The Labute approximate surface area is 166 Å². The molecule has 0 aliphatic carbocycles. The van der Waals surface area contributed by atoms with E-state index < -0.39 is 6.17 Å². The molecule has 1 heterocycles. The maximum atomic E-state index is 14.9. The lowest BCUT2D eigenvalue weighted by Crippen LogP contribution is -2.50. The number of hydrogen-bond acceptors (Lipinski definition) is 3. The van der Waals surface area contributed by atoms with Gasteiger partial charge in [-0.3, -0.25) is 4.90 Å². The van der Waals surface area contributed by atoms with E-state index >= 15 is 0 Å². The molecule has 0 amide bonds. The van der Waals surface area contributed by atoms with Gasteiger partial charge in [-0.05, 0) is 69.3 Å². The Balaban J connectivity index is 1.76. The van der Waals surface area contributed by atoms with Crippen LogP contribution in [0.2, 0.25) is 0 Å². The fourth-order valence-electron chi connectivity index (χ4n) is 3.75. The largest absolute Gasteiger partial charge is 0.491 e. The van der Waals surface area contributed by atoms with Crippen molar-refractivity contribution in [2.75, 3.05) is 20.1 Å². The normalized spacial score (nSPS) is 20.7. The molecule has 1 aliphatic heterocycles. The van der Waals surface area contributed by atoms with Crippen molar-refractivity contribution in [3.8, 4) is 5.75 Å². The Hall–Kier alpha value is -1.98. The summed E-state index contributed by atoms with van der Waals surface area (Å²) in [7, 11) is 1.96. The minimum atomic E-state index is -0.900. The van der Waals surface area contributed by atoms with Gasteiger partial charge in [0.1, 0.15) is 17.7 Å². The van der Waals surface area contributed by atoms with Gasteiger partial charge in [-0.15, -0.1) is 0 Å². The number of alkyl halides is 1. The average Bonchev–Trinajstić information content (AvgIpc) is 2.64. The summed E-state index contributed by atoms with van der Waals surface area (Å²) in [4.78, 5) is 4.22. The number of ether oxygens (including phenoxy) is 1. The van der Waals surface area contributed by atoms with Crippen LogP contribution in [-0.2, 0) is 13.1 Å². The van der Waals surface area contributed by atoms with Gasteiger partial charge in [0.2, 0.25) is 0 Å². The molecule has 2 aromatic carbocycles. The van der Waals surface area contributed by atoms with Gasteiger partial charge < -0.3 is 9.64 Å². The third-order valence-electron chi connectivity index (χ3n) is 5.16. The molecule has 0 bridgehead atoms. The molecule has 2 atom stereocenters. The predicted octanol–water partition coefficient (Wildman–Crippen LogP) is 4.66. The van der Waals surface area contributed by atoms with Crippen molar-refractivity contribution in [2.45, 2.75) is 51.7 Å². The first kappa shape index (κ1) is 20.7. The summed E-state index contributed by atoms with van der Waals surface area (Å²) >= 11 is 0. The maximum absolute atomic E-state index is 14.9. The molecule has 5 heteroatoms. The molecule has 0 N–H and O–H groups in total. The molecule has 152 valence electrons. The number of likely N-dealkylation sites (tertiary alicyclic amines) is 1. The van der Waals surface area contributed by atoms with E-state index in [1.54, 1.807) is 12.1 Å². The number of piperidine rings is 1. The van der Waals surface area contributed by atoms with E-state index in [1.807, 2.05) is 50.1 Å². The quantitative estimate of drug-likeness (QED) is 0.686. The molecule has 2 aromatic rings. The fraction of sp³-hybridized carbons (Fsp3) is 0.478. The van der Waals surface area contributed by atoms with E-state index in [2.05, 4.69) is 4.90 Å². The zero-order chi connectivity index (χ0) is 20.1. The standard InChI is InChI=1S/C23H30F2N2O/c1-17(2)28-21-10-6-19(7-11-21)15-27(14-18-4-8-20(24)9-5-18)23-12-13-26(3)16-22(23)25/h4-11,17,22-23H,12-16H2,1-3H3/t22-,23+/m1/s1. The van der Waals surface area contributed by atoms with Crippen LogP contribution in [0, 0.1) is 5.82 Å². The SMILES string of the molecule is CC(C)Oc1ccc(CN(Cc2ccc(F)cc2)[C@H]2CCN(C)C[C@H]2F)cc1. The first-order valence-electron chi connectivity index (χ1n) is 9.97. The summed E-state index contributed by atoms with van der Waals surface area (Å²) < 4.78 is 33.8. The van der Waals surface area contributed by atoms with E-state index in [9.17, 15) is 8.78 Å². The van der Waals surface area contributed by atoms with E-state index in [4.69, 9.17) is 4.74 Å². The van der Waals surface area contributed by atoms with Crippen LogP contribution in [-0.4, -0.2) is 48.3 Å². The Morgan fingerprint density at radius 2 is 1.61 bits per heavy atom. The van der Waals surface area contributed by atoms with E-state index in [-0.39, 0.29) is 18.0 Å². The molecule has 0 unspecified atom stereocenters. The lowest BCUT2D eigenvalue weighted by Gasteiger charge is -2.39. The third kappa shape index (κ3) is 5.76. The first-order chi connectivity index (χ1) is 13.4. The van der Waals surface area contributed by atoms with Crippen LogP contribution in [0.1, 0.15) is 31.4 Å². The third-order valence-corrected chi connectivity index (χ3v) is 5.16. The number of benzene rings is 2. The van der Waals surface area contributed by atoms with Crippen molar-refractivity contribution in [1.82, 2.24) is 9.80 Å². The number of nitrogens with zero attached hydrogens (tertiary/aromatic N) is 2. The van der Waals surface area contributed by atoms with Gasteiger partial charge in [-0.1, -0.05) is 24.3 Å². The molecule has 0 spiro atoms. The van der Waals surface area contributed by atoms with Gasteiger partial charge in [0.25, 0.3) is 0 Å². The Kier molecular flexibility index (Phi) is 7.03. The fourth-order valence-corrected chi connectivity index (χ4v) is 3.75. The molecule has 1 aliphatic rings. The van der Waals surface area contributed by atoms with Gasteiger partial charge in [0, 0.05) is 25.7 Å². The molecule has 1 saturated heterocycles. The van der Waals surface area contributed by atoms with Crippen LogP contribution in [0.5, 0.6) is 5.75 Å². The van der Waals surface area contributed by atoms with Crippen molar-refractivity contribution < 1.29 is 13.5 Å². The monoisotopic (exact) mass is 388 g/mol. The smallest absolute Gasteiger partial charge is 0.128 e. The van der Waals surface area contributed by atoms with Crippen LogP contribution >= 0.6 is 0 Å². The molecule has 1 fully saturated rings. The Morgan fingerprint density at radius 3 is 2.14 bits per heavy atom. The molecule has 0 radical (unpaired) electrons. The van der Waals surface area contributed by atoms with Gasteiger partial charge >= 0.3 is 0 Å². The zero-order valence-corrected chi connectivity index (χ0v) is 16.9. The minimum absolute atomic E-state index is 0.132.